The summed E-state index contributed by atoms with van der Waals surface area (Å²) in [6.45, 7) is 3.69. The second kappa shape index (κ2) is 3.92. The van der Waals surface area contributed by atoms with Crippen LogP contribution in [0.5, 0.6) is 0 Å². The maximum Gasteiger partial charge on any atom is 0.303 e. The Kier molecular flexibility index (Phi) is 3.12. The zero-order chi connectivity index (χ0) is 9.03. The van der Waals surface area contributed by atoms with Crippen LogP contribution in [0.2, 0.25) is 0 Å². The predicted molar refractivity (Wildman–Crippen MR) is 47.9 cm³/mol. The number of carbonyl (C=O) groups is 1. The highest BCUT2D eigenvalue weighted by molar-refractivity contribution is 5.66. The van der Waals surface area contributed by atoms with E-state index < -0.39 is 0 Å². The number of unbranched alkanes of at least 4 members (excludes halogenated alkanes) is 2. The molecule has 0 saturated heterocycles. The Balaban J connectivity index is 2.16. The molecule has 0 aromatic heterocycles. The van der Waals surface area contributed by atoms with Crippen molar-refractivity contribution in [2.75, 3.05) is 0 Å². The van der Waals surface area contributed by atoms with E-state index in [1.807, 2.05) is 0 Å². The van der Waals surface area contributed by atoms with Crippen LogP contribution in [0.1, 0.15) is 52.4 Å². The average molecular weight is 170 g/mol. The number of rotatable bonds is 5. The molecule has 1 fully saturated rings. The Labute approximate surface area is 74.3 Å². The molecule has 70 valence electrons. The van der Waals surface area contributed by atoms with Gasteiger partial charge in [0.1, 0.15) is 5.60 Å². The number of esters is 1. The SMILES string of the molecule is CCCCCC1(OC(C)=O)CC1. The van der Waals surface area contributed by atoms with Crippen molar-refractivity contribution < 1.29 is 9.53 Å². The van der Waals surface area contributed by atoms with Crippen molar-refractivity contribution in [2.45, 2.75) is 58.0 Å². The Morgan fingerprint density at radius 3 is 2.50 bits per heavy atom. The molecular weight excluding hydrogens is 152 g/mol. The maximum absolute atomic E-state index is 10.7. The van der Waals surface area contributed by atoms with Crippen LogP contribution in [0.25, 0.3) is 0 Å². The highest BCUT2D eigenvalue weighted by Crippen LogP contribution is 2.44. The van der Waals surface area contributed by atoms with E-state index >= 15 is 0 Å². The van der Waals surface area contributed by atoms with Crippen LogP contribution < -0.4 is 0 Å². The maximum atomic E-state index is 10.7. The van der Waals surface area contributed by atoms with E-state index in [1.54, 1.807) is 0 Å². The van der Waals surface area contributed by atoms with Gasteiger partial charge in [0.15, 0.2) is 0 Å². The molecule has 0 unspecified atom stereocenters. The molecule has 0 spiro atoms. The van der Waals surface area contributed by atoms with E-state index in [0.29, 0.717) is 0 Å². The van der Waals surface area contributed by atoms with Crippen LogP contribution in [0.15, 0.2) is 0 Å². The molecule has 1 saturated carbocycles. The van der Waals surface area contributed by atoms with Crippen molar-refractivity contribution in [1.29, 1.82) is 0 Å². The molecule has 0 heterocycles. The van der Waals surface area contributed by atoms with Gasteiger partial charge in [-0.2, -0.15) is 0 Å². The molecular formula is C10H18O2. The molecule has 0 bridgehead atoms. The highest BCUT2D eigenvalue weighted by Gasteiger charge is 2.45. The van der Waals surface area contributed by atoms with E-state index in [2.05, 4.69) is 6.92 Å². The van der Waals surface area contributed by atoms with Crippen LogP contribution in [0.3, 0.4) is 0 Å². The van der Waals surface area contributed by atoms with E-state index in [0.717, 1.165) is 19.3 Å². The summed E-state index contributed by atoms with van der Waals surface area (Å²) < 4.78 is 5.26. The summed E-state index contributed by atoms with van der Waals surface area (Å²) in [5, 5.41) is 0. The van der Waals surface area contributed by atoms with Gasteiger partial charge < -0.3 is 4.74 Å². The molecule has 0 aliphatic heterocycles. The zero-order valence-electron chi connectivity index (χ0n) is 8.06. The third-order valence-corrected chi connectivity index (χ3v) is 2.40. The summed E-state index contributed by atoms with van der Waals surface area (Å²) in [7, 11) is 0. The zero-order valence-corrected chi connectivity index (χ0v) is 8.06. The van der Waals surface area contributed by atoms with Gasteiger partial charge in [0, 0.05) is 6.92 Å². The molecule has 0 aromatic rings. The first-order chi connectivity index (χ1) is 5.68. The topological polar surface area (TPSA) is 26.3 Å². The Hall–Kier alpha value is -0.530. The Morgan fingerprint density at radius 2 is 2.08 bits per heavy atom. The smallest absolute Gasteiger partial charge is 0.303 e. The first-order valence-corrected chi connectivity index (χ1v) is 4.88. The second-order valence-electron chi connectivity index (χ2n) is 3.73. The molecule has 0 aromatic carbocycles. The van der Waals surface area contributed by atoms with Gasteiger partial charge in [0.2, 0.25) is 0 Å². The quantitative estimate of drug-likeness (QED) is 0.468. The lowest BCUT2D eigenvalue weighted by atomic mass is 10.1. The number of carbonyl (C=O) groups excluding carboxylic acids is 1. The van der Waals surface area contributed by atoms with E-state index in [-0.39, 0.29) is 11.6 Å². The largest absolute Gasteiger partial charge is 0.459 e. The van der Waals surface area contributed by atoms with Crippen molar-refractivity contribution in [3.63, 3.8) is 0 Å². The summed E-state index contributed by atoms with van der Waals surface area (Å²) in [5.74, 6) is -0.121. The third kappa shape index (κ3) is 2.84. The van der Waals surface area contributed by atoms with E-state index in [4.69, 9.17) is 4.74 Å². The summed E-state index contributed by atoms with van der Waals surface area (Å²) in [6, 6.07) is 0. The molecule has 1 aliphatic carbocycles. The molecule has 1 rings (SSSR count). The fourth-order valence-electron chi connectivity index (χ4n) is 1.54. The molecule has 0 radical (unpaired) electrons. The van der Waals surface area contributed by atoms with Crippen LogP contribution >= 0.6 is 0 Å². The molecule has 2 nitrogen and oxygen atoms in total. The van der Waals surface area contributed by atoms with Crippen molar-refractivity contribution >= 4 is 5.97 Å². The summed E-state index contributed by atoms with van der Waals surface area (Å²) in [4.78, 5) is 10.7. The van der Waals surface area contributed by atoms with E-state index in [9.17, 15) is 4.79 Å². The minimum atomic E-state index is -0.121. The average Bonchev–Trinajstić information content (AvgIpc) is 2.69. The van der Waals surface area contributed by atoms with Crippen molar-refractivity contribution in [3.05, 3.63) is 0 Å². The van der Waals surface area contributed by atoms with Gasteiger partial charge in [0.25, 0.3) is 0 Å². The molecule has 0 N–H and O–H groups in total. The predicted octanol–water partition coefficient (Wildman–Crippen LogP) is 2.66. The number of hydrogen-bond donors (Lipinski definition) is 0. The van der Waals surface area contributed by atoms with Gasteiger partial charge in [-0.15, -0.1) is 0 Å². The van der Waals surface area contributed by atoms with Gasteiger partial charge in [-0.3, -0.25) is 4.79 Å². The number of hydrogen-bond acceptors (Lipinski definition) is 2. The molecule has 2 heteroatoms. The first-order valence-electron chi connectivity index (χ1n) is 4.88. The van der Waals surface area contributed by atoms with Crippen LogP contribution in [-0.2, 0) is 9.53 Å². The normalized spacial score (nSPS) is 18.8. The van der Waals surface area contributed by atoms with Crippen molar-refractivity contribution in [3.8, 4) is 0 Å². The van der Waals surface area contributed by atoms with Crippen LogP contribution in [-0.4, -0.2) is 11.6 Å². The third-order valence-electron chi connectivity index (χ3n) is 2.40. The summed E-state index contributed by atoms with van der Waals surface area (Å²) >= 11 is 0. The minimum absolute atomic E-state index is 0.0268. The molecule has 1 aliphatic rings. The lowest BCUT2D eigenvalue weighted by molar-refractivity contribution is -0.148. The monoisotopic (exact) mass is 170 g/mol. The van der Waals surface area contributed by atoms with E-state index in [1.165, 1.54) is 26.2 Å². The van der Waals surface area contributed by atoms with Crippen LogP contribution in [0, 0.1) is 0 Å². The molecule has 0 amide bonds. The summed E-state index contributed by atoms with van der Waals surface area (Å²) in [6.07, 6.45) is 6.91. The molecule has 12 heavy (non-hydrogen) atoms. The van der Waals surface area contributed by atoms with Gasteiger partial charge in [-0.25, -0.2) is 0 Å². The second-order valence-corrected chi connectivity index (χ2v) is 3.73. The Morgan fingerprint density at radius 1 is 1.42 bits per heavy atom. The van der Waals surface area contributed by atoms with Gasteiger partial charge in [-0.1, -0.05) is 19.8 Å². The molecule has 0 atom stereocenters. The summed E-state index contributed by atoms with van der Waals surface area (Å²) in [5.41, 5.74) is -0.0268. The van der Waals surface area contributed by atoms with Gasteiger partial charge in [0.05, 0.1) is 0 Å². The Bertz CT molecular complexity index is 159. The van der Waals surface area contributed by atoms with Crippen molar-refractivity contribution in [1.82, 2.24) is 0 Å². The lowest BCUT2D eigenvalue weighted by Gasteiger charge is -2.14. The highest BCUT2D eigenvalue weighted by atomic mass is 16.6. The fourth-order valence-corrected chi connectivity index (χ4v) is 1.54. The number of ether oxygens (including phenoxy) is 1. The standard InChI is InChI=1S/C10H18O2/c1-3-4-5-6-10(7-8-10)12-9(2)11/h3-8H2,1-2H3. The first kappa shape index (κ1) is 9.56. The minimum Gasteiger partial charge on any atom is -0.459 e. The fraction of sp³-hybridized carbons (Fsp3) is 0.900. The van der Waals surface area contributed by atoms with Crippen molar-refractivity contribution in [2.24, 2.45) is 0 Å². The van der Waals surface area contributed by atoms with Gasteiger partial charge in [-0.05, 0) is 25.7 Å². The van der Waals surface area contributed by atoms with Gasteiger partial charge >= 0.3 is 5.97 Å². The van der Waals surface area contributed by atoms with Crippen LogP contribution in [0.4, 0.5) is 0 Å². The lowest BCUT2D eigenvalue weighted by Crippen LogP contribution is -2.17.